The summed E-state index contributed by atoms with van der Waals surface area (Å²) in [7, 11) is 1.83. The normalized spacial score (nSPS) is 19.4. The van der Waals surface area contributed by atoms with Gasteiger partial charge in [0.2, 0.25) is 5.91 Å². The number of amides is 1. The molecule has 1 unspecified atom stereocenters. The van der Waals surface area contributed by atoms with E-state index in [9.17, 15) is 4.79 Å². The van der Waals surface area contributed by atoms with Gasteiger partial charge in [-0.3, -0.25) is 4.79 Å². The van der Waals surface area contributed by atoms with E-state index in [2.05, 4.69) is 15.3 Å². The molecule has 2 aromatic rings. The van der Waals surface area contributed by atoms with Crippen molar-refractivity contribution in [1.29, 1.82) is 0 Å². The first kappa shape index (κ1) is 12.3. The summed E-state index contributed by atoms with van der Waals surface area (Å²) >= 11 is 1.60. The number of nitrogens with zero attached hydrogens (tertiary/aromatic N) is 3. The van der Waals surface area contributed by atoms with Gasteiger partial charge in [0, 0.05) is 20.0 Å². The first-order chi connectivity index (χ1) is 9.19. The third-order valence-electron chi connectivity index (χ3n) is 3.43. The van der Waals surface area contributed by atoms with Gasteiger partial charge in [-0.15, -0.1) is 11.3 Å². The van der Waals surface area contributed by atoms with Crippen LogP contribution in [-0.2, 0) is 11.2 Å². The van der Waals surface area contributed by atoms with Crippen molar-refractivity contribution >= 4 is 33.3 Å². The fourth-order valence-electron chi connectivity index (χ4n) is 2.29. The molecule has 1 fully saturated rings. The largest absolute Gasteiger partial charge is 0.358 e. The number of hydrogen-bond donors (Lipinski definition) is 1. The van der Waals surface area contributed by atoms with Crippen LogP contribution in [0.25, 0.3) is 10.2 Å². The number of thiophene rings is 1. The van der Waals surface area contributed by atoms with Crippen molar-refractivity contribution in [3.05, 3.63) is 17.3 Å². The van der Waals surface area contributed by atoms with Crippen molar-refractivity contribution in [2.75, 3.05) is 18.9 Å². The summed E-state index contributed by atoms with van der Waals surface area (Å²) in [5.74, 6) is 1.74. The molecule has 0 saturated carbocycles. The Balaban J connectivity index is 1.95. The van der Waals surface area contributed by atoms with Gasteiger partial charge in [0.25, 0.3) is 0 Å². The summed E-state index contributed by atoms with van der Waals surface area (Å²) in [4.78, 5) is 23.7. The number of carbonyl (C=O) groups is 1. The molecule has 0 aliphatic carbocycles. The second-order valence-electron chi connectivity index (χ2n) is 4.73. The number of nitrogens with one attached hydrogen (secondary N) is 1. The van der Waals surface area contributed by atoms with Gasteiger partial charge in [0.1, 0.15) is 22.5 Å². The van der Waals surface area contributed by atoms with Gasteiger partial charge >= 0.3 is 0 Å². The van der Waals surface area contributed by atoms with Crippen molar-refractivity contribution in [2.45, 2.75) is 25.8 Å². The molecule has 1 amide bonds. The highest BCUT2D eigenvalue weighted by molar-refractivity contribution is 7.16. The molecule has 0 spiro atoms. The van der Waals surface area contributed by atoms with E-state index in [-0.39, 0.29) is 11.9 Å². The average molecular weight is 276 g/mol. The number of anilines is 1. The lowest BCUT2D eigenvalue weighted by Gasteiger charge is -2.14. The maximum Gasteiger partial charge on any atom is 0.244 e. The van der Waals surface area contributed by atoms with Gasteiger partial charge in [0.05, 0.1) is 5.39 Å². The Morgan fingerprint density at radius 1 is 1.53 bits per heavy atom. The number of likely N-dealkylation sites (N-methyl/N-ethyl adjacent to an activating group) is 1. The molecule has 1 atom stereocenters. The summed E-state index contributed by atoms with van der Waals surface area (Å²) in [5, 5.41) is 6.30. The Labute approximate surface area is 115 Å². The lowest BCUT2D eigenvalue weighted by atomic mass is 10.2. The third-order valence-corrected chi connectivity index (χ3v) is 4.23. The predicted molar refractivity (Wildman–Crippen MR) is 76.5 cm³/mol. The first-order valence-corrected chi connectivity index (χ1v) is 7.32. The standard InChI is InChI=1S/C13H16N4OS/c1-3-10-15-11(8-5-7-19-12(8)16-10)14-9-4-6-17(2)13(9)18/h5,7,9H,3-4,6H2,1-2H3,(H,14,15,16). The summed E-state index contributed by atoms with van der Waals surface area (Å²) < 4.78 is 0. The van der Waals surface area contributed by atoms with Gasteiger partial charge in [0.15, 0.2) is 0 Å². The van der Waals surface area contributed by atoms with Crippen LogP contribution in [0, 0.1) is 0 Å². The zero-order valence-corrected chi connectivity index (χ0v) is 11.8. The number of carbonyl (C=O) groups excluding carboxylic acids is 1. The van der Waals surface area contributed by atoms with E-state index in [4.69, 9.17) is 0 Å². The van der Waals surface area contributed by atoms with Crippen LogP contribution in [0.5, 0.6) is 0 Å². The van der Waals surface area contributed by atoms with Crippen LogP contribution in [0.4, 0.5) is 5.82 Å². The molecule has 0 aromatic carbocycles. The average Bonchev–Trinajstić information content (AvgIpc) is 3.00. The molecular formula is C13H16N4OS. The second-order valence-corrected chi connectivity index (χ2v) is 5.62. The van der Waals surface area contributed by atoms with Crippen LogP contribution in [0.1, 0.15) is 19.2 Å². The van der Waals surface area contributed by atoms with Crippen molar-refractivity contribution in [2.24, 2.45) is 0 Å². The second kappa shape index (κ2) is 4.77. The van der Waals surface area contributed by atoms with Gasteiger partial charge in [-0.05, 0) is 17.9 Å². The predicted octanol–water partition coefficient (Wildman–Crippen LogP) is 1.90. The molecular weight excluding hydrogens is 260 g/mol. The number of fused-ring (bicyclic) bond motifs is 1. The first-order valence-electron chi connectivity index (χ1n) is 6.44. The van der Waals surface area contributed by atoms with Crippen LogP contribution >= 0.6 is 11.3 Å². The van der Waals surface area contributed by atoms with E-state index < -0.39 is 0 Å². The van der Waals surface area contributed by atoms with Crippen molar-refractivity contribution in [3.63, 3.8) is 0 Å². The quantitative estimate of drug-likeness (QED) is 0.930. The summed E-state index contributed by atoms with van der Waals surface area (Å²) in [6.45, 7) is 2.84. The summed E-state index contributed by atoms with van der Waals surface area (Å²) in [6, 6.07) is 1.85. The van der Waals surface area contributed by atoms with Crippen molar-refractivity contribution in [1.82, 2.24) is 14.9 Å². The lowest BCUT2D eigenvalue weighted by Crippen LogP contribution is -2.31. The highest BCUT2D eigenvalue weighted by atomic mass is 32.1. The van der Waals surface area contributed by atoms with E-state index in [0.29, 0.717) is 0 Å². The zero-order valence-electron chi connectivity index (χ0n) is 11.0. The molecule has 3 rings (SSSR count). The van der Waals surface area contributed by atoms with Gasteiger partial charge in [-0.25, -0.2) is 9.97 Å². The Kier molecular flexibility index (Phi) is 3.10. The highest BCUT2D eigenvalue weighted by Crippen LogP contribution is 2.27. The smallest absolute Gasteiger partial charge is 0.244 e. The number of hydrogen-bond acceptors (Lipinski definition) is 5. The molecule has 0 bridgehead atoms. The fourth-order valence-corrected chi connectivity index (χ4v) is 3.07. The number of rotatable bonds is 3. The molecule has 19 heavy (non-hydrogen) atoms. The Bertz CT molecular complexity index is 624. The summed E-state index contributed by atoms with van der Waals surface area (Å²) in [5.41, 5.74) is 0. The van der Waals surface area contributed by atoms with Crippen LogP contribution in [0.15, 0.2) is 11.4 Å². The minimum absolute atomic E-state index is 0.139. The van der Waals surface area contributed by atoms with E-state index >= 15 is 0 Å². The number of likely N-dealkylation sites (tertiary alicyclic amines) is 1. The maximum absolute atomic E-state index is 12.0. The Morgan fingerprint density at radius 3 is 3.05 bits per heavy atom. The fraction of sp³-hybridized carbons (Fsp3) is 0.462. The maximum atomic E-state index is 12.0. The van der Waals surface area contributed by atoms with Crippen molar-refractivity contribution in [3.8, 4) is 0 Å². The Hall–Kier alpha value is -1.69. The van der Waals surface area contributed by atoms with Gasteiger partial charge in [-0.2, -0.15) is 0 Å². The van der Waals surface area contributed by atoms with Crippen LogP contribution in [0.2, 0.25) is 0 Å². The van der Waals surface area contributed by atoms with E-state index in [0.717, 1.165) is 41.2 Å². The van der Waals surface area contributed by atoms with Crippen molar-refractivity contribution < 1.29 is 4.79 Å². The van der Waals surface area contributed by atoms with Gasteiger partial charge < -0.3 is 10.2 Å². The molecule has 1 aliphatic heterocycles. The Morgan fingerprint density at radius 2 is 2.37 bits per heavy atom. The molecule has 6 heteroatoms. The SMILES string of the molecule is CCc1nc(NC2CCN(C)C2=O)c2ccsc2n1. The molecule has 1 aliphatic rings. The summed E-state index contributed by atoms with van der Waals surface area (Å²) in [6.07, 6.45) is 1.62. The molecule has 5 nitrogen and oxygen atoms in total. The lowest BCUT2D eigenvalue weighted by molar-refractivity contribution is -0.127. The molecule has 1 saturated heterocycles. The zero-order chi connectivity index (χ0) is 13.4. The van der Waals surface area contributed by atoms with Crippen LogP contribution < -0.4 is 5.32 Å². The van der Waals surface area contributed by atoms with E-state index in [1.165, 1.54) is 0 Å². The molecule has 0 radical (unpaired) electrons. The van der Waals surface area contributed by atoms with E-state index in [1.54, 1.807) is 16.2 Å². The monoisotopic (exact) mass is 276 g/mol. The number of aromatic nitrogens is 2. The minimum atomic E-state index is -0.160. The van der Waals surface area contributed by atoms with E-state index in [1.807, 2.05) is 25.4 Å². The van der Waals surface area contributed by atoms with Crippen LogP contribution in [-0.4, -0.2) is 40.4 Å². The number of aryl methyl sites for hydroxylation is 1. The highest BCUT2D eigenvalue weighted by Gasteiger charge is 2.29. The molecule has 1 N–H and O–H groups in total. The van der Waals surface area contributed by atoms with Crippen LogP contribution in [0.3, 0.4) is 0 Å². The van der Waals surface area contributed by atoms with Gasteiger partial charge in [-0.1, -0.05) is 6.92 Å². The topological polar surface area (TPSA) is 58.1 Å². The minimum Gasteiger partial charge on any atom is -0.358 e. The third kappa shape index (κ3) is 2.16. The molecule has 2 aromatic heterocycles. The molecule has 100 valence electrons. The molecule has 3 heterocycles.